The van der Waals surface area contributed by atoms with Crippen molar-refractivity contribution in [3.05, 3.63) is 30.0 Å². The molecule has 0 saturated carbocycles. The van der Waals surface area contributed by atoms with Gasteiger partial charge in [-0.2, -0.15) is 13.2 Å². The largest absolute Gasteiger partial charge is 0.448 e. The highest BCUT2D eigenvalue weighted by Crippen LogP contribution is 2.31. The first-order chi connectivity index (χ1) is 9.40. The fourth-order valence-corrected chi connectivity index (χ4v) is 1.73. The molecule has 20 heavy (non-hydrogen) atoms. The van der Waals surface area contributed by atoms with Gasteiger partial charge in [0.15, 0.2) is 0 Å². The minimum absolute atomic E-state index is 0.0536. The van der Waals surface area contributed by atoms with Crippen molar-refractivity contribution in [1.82, 2.24) is 4.98 Å². The summed E-state index contributed by atoms with van der Waals surface area (Å²) in [5.41, 5.74) is -0.170. The maximum Gasteiger partial charge on any atom is 0.431 e. The molecule has 0 radical (unpaired) electrons. The molecule has 2 N–H and O–H groups in total. The predicted molar refractivity (Wildman–Crippen MR) is 69.0 cm³/mol. The SMILES string of the molecule is O=C(Nc1ccc2[nH]c(C(F)(F)F)cc2c1)OCCCl. The number of alkyl halides is 4. The molecule has 2 rings (SSSR count). The zero-order valence-electron chi connectivity index (χ0n) is 10.1. The van der Waals surface area contributed by atoms with Crippen molar-refractivity contribution in [2.45, 2.75) is 6.18 Å². The summed E-state index contributed by atoms with van der Waals surface area (Å²) in [4.78, 5) is 13.6. The lowest BCUT2D eigenvalue weighted by Crippen LogP contribution is -2.14. The number of fused-ring (bicyclic) bond motifs is 1. The van der Waals surface area contributed by atoms with E-state index in [0.717, 1.165) is 6.07 Å². The Balaban J connectivity index is 2.19. The molecule has 4 nitrogen and oxygen atoms in total. The summed E-state index contributed by atoms with van der Waals surface area (Å²) in [6, 6.07) is 5.32. The van der Waals surface area contributed by atoms with Crippen LogP contribution in [-0.4, -0.2) is 23.6 Å². The zero-order chi connectivity index (χ0) is 14.8. The van der Waals surface area contributed by atoms with Gasteiger partial charge in [0.05, 0.1) is 5.88 Å². The van der Waals surface area contributed by atoms with E-state index < -0.39 is 18.0 Å². The number of carbonyl (C=O) groups excluding carboxylic acids is 1. The number of hydrogen-bond donors (Lipinski definition) is 2. The Morgan fingerprint density at radius 2 is 2.10 bits per heavy atom. The number of hydrogen-bond acceptors (Lipinski definition) is 2. The first-order valence-electron chi connectivity index (χ1n) is 5.60. The summed E-state index contributed by atoms with van der Waals surface area (Å²) in [7, 11) is 0. The molecule has 0 aliphatic heterocycles. The molecule has 2 aromatic rings. The molecule has 1 aromatic carbocycles. The first-order valence-corrected chi connectivity index (χ1v) is 6.13. The van der Waals surface area contributed by atoms with E-state index in [1.54, 1.807) is 0 Å². The van der Waals surface area contributed by atoms with Crippen molar-refractivity contribution < 1.29 is 22.7 Å². The number of nitrogens with one attached hydrogen (secondary N) is 2. The van der Waals surface area contributed by atoms with Crippen molar-refractivity contribution in [1.29, 1.82) is 0 Å². The monoisotopic (exact) mass is 306 g/mol. The van der Waals surface area contributed by atoms with E-state index in [4.69, 9.17) is 16.3 Å². The van der Waals surface area contributed by atoms with Crippen LogP contribution in [-0.2, 0) is 10.9 Å². The second kappa shape index (κ2) is 5.62. The Morgan fingerprint density at radius 1 is 1.35 bits per heavy atom. The van der Waals surface area contributed by atoms with Crippen LogP contribution in [0, 0.1) is 0 Å². The third-order valence-electron chi connectivity index (χ3n) is 2.48. The van der Waals surface area contributed by atoms with Crippen molar-refractivity contribution >= 4 is 34.3 Å². The summed E-state index contributed by atoms with van der Waals surface area (Å²) in [5, 5.41) is 2.74. The molecule has 0 atom stereocenters. The molecule has 8 heteroatoms. The van der Waals surface area contributed by atoms with Gasteiger partial charge in [0.2, 0.25) is 0 Å². The van der Waals surface area contributed by atoms with Gasteiger partial charge < -0.3 is 9.72 Å². The second-order valence-corrected chi connectivity index (χ2v) is 4.31. The molecular formula is C12H10ClF3N2O2. The van der Waals surface area contributed by atoms with Crippen LogP contribution in [0.2, 0.25) is 0 Å². The molecule has 0 saturated heterocycles. The number of halogens is 4. The highest BCUT2D eigenvalue weighted by Gasteiger charge is 2.32. The van der Waals surface area contributed by atoms with Gasteiger partial charge in [-0.3, -0.25) is 5.32 Å². The lowest BCUT2D eigenvalue weighted by atomic mass is 10.2. The van der Waals surface area contributed by atoms with Crippen molar-refractivity contribution in [2.75, 3.05) is 17.8 Å². The Labute approximate surface area is 116 Å². The third-order valence-corrected chi connectivity index (χ3v) is 2.64. The smallest absolute Gasteiger partial charge is 0.431 e. The Morgan fingerprint density at radius 3 is 2.75 bits per heavy atom. The fourth-order valence-electron chi connectivity index (χ4n) is 1.65. The van der Waals surface area contributed by atoms with Crippen LogP contribution in [0.1, 0.15) is 5.69 Å². The van der Waals surface area contributed by atoms with Gasteiger partial charge >= 0.3 is 12.3 Å². The fraction of sp³-hybridized carbons (Fsp3) is 0.250. The van der Waals surface area contributed by atoms with Crippen LogP contribution in [0.15, 0.2) is 24.3 Å². The van der Waals surface area contributed by atoms with Crippen molar-refractivity contribution in [2.24, 2.45) is 0 Å². The van der Waals surface area contributed by atoms with Gasteiger partial charge in [-0.15, -0.1) is 11.6 Å². The Hall–Kier alpha value is -1.89. The van der Waals surface area contributed by atoms with Gasteiger partial charge in [-0.1, -0.05) is 0 Å². The van der Waals surface area contributed by atoms with Gasteiger partial charge in [0, 0.05) is 16.6 Å². The molecular weight excluding hydrogens is 297 g/mol. The zero-order valence-corrected chi connectivity index (χ0v) is 10.8. The molecule has 0 aliphatic rings. The number of carbonyl (C=O) groups is 1. The molecule has 1 amide bonds. The number of ether oxygens (including phenoxy) is 1. The lowest BCUT2D eigenvalue weighted by Gasteiger charge is -2.05. The number of H-pyrrole nitrogens is 1. The van der Waals surface area contributed by atoms with Crippen LogP contribution in [0.5, 0.6) is 0 Å². The second-order valence-electron chi connectivity index (χ2n) is 3.93. The highest BCUT2D eigenvalue weighted by molar-refractivity contribution is 6.18. The number of aromatic amines is 1. The topological polar surface area (TPSA) is 54.1 Å². The van der Waals surface area contributed by atoms with Crippen LogP contribution < -0.4 is 5.32 Å². The predicted octanol–water partition coefficient (Wildman–Crippen LogP) is 3.97. The summed E-state index contributed by atoms with van der Waals surface area (Å²) >= 11 is 5.36. The highest BCUT2D eigenvalue weighted by atomic mass is 35.5. The van der Waals surface area contributed by atoms with E-state index in [2.05, 4.69) is 10.3 Å². The normalized spacial score (nSPS) is 11.6. The molecule has 0 fully saturated rings. The summed E-state index contributed by atoms with van der Waals surface area (Å²) in [6.07, 6.45) is -5.15. The number of aromatic nitrogens is 1. The summed E-state index contributed by atoms with van der Waals surface area (Å²) < 4.78 is 42.3. The number of amides is 1. The number of anilines is 1. The van der Waals surface area contributed by atoms with Crippen LogP contribution in [0.4, 0.5) is 23.7 Å². The van der Waals surface area contributed by atoms with E-state index in [1.807, 2.05) is 0 Å². The van der Waals surface area contributed by atoms with Gasteiger partial charge in [-0.05, 0) is 24.3 Å². The van der Waals surface area contributed by atoms with Gasteiger partial charge in [0.1, 0.15) is 12.3 Å². The Kier molecular flexibility index (Phi) is 4.08. The van der Waals surface area contributed by atoms with Crippen LogP contribution >= 0.6 is 11.6 Å². The van der Waals surface area contributed by atoms with E-state index >= 15 is 0 Å². The van der Waals surface area contributed by atoms with E-state index in [0.29, 0.717) is 16.6 Å². The maximum absolute atomic E-state index is 12.5. The average molecular weight is 307 g/mol. The van der Waals surface area contributed by atoms with Crippen molar-refractivity contribution in [3.8, 4) is 0 Å². The first kappa shape index (κ1) is 14.5. The minimum atomic E-state index is -4.44. The molecule has 0 bridgehead atoms. The van der Waals surface area contributed by atoms with E-state index in [9.17, 15) is 18.0 Å². The van der Waals surface area contributed by atoms with Crippen molar-refractivity contribution in [3.63, 3.8) is 0 Å². The van der Waals surface area contributed by atoms with Gasteiger partial charge in [-0.25, -0.2) is 4.79 Å². The molecule has 0 aliphatic carbocycles. The van der Waals surface area contributed by atoms with E-state index in [-0.39, 0.29) is 12.5 Å². The van der Waals surface area contributed by atoms with Crippen LogP contribution in [0.3, 0.4) is 0 Å². The number of benzene rings is 1. The summed E-state index contributed by atoms with van der Waals surface area (Å²) in [6.45, 7) is 0.0536. The average Bonchev–Trinajstić information content (AvgIpc) is 2.79. The minimum Gasteiger partial charge on any atom is -0.448 e. The van der Waals surface area contributed by atoms with Gasteiger partial charge in [0.25, 0.3) is 0 Å². The molecule has 1 aromatic heterocycles. The van der Waals surface area contributed by atoms with Crippen LogP contribution in [0.25, 0.3) is 10.9 Å². The molecule has 0 spiro atoms. The quantitative estimate of drug-likeness (QED) is 0.843. The maximum atomic E-state index is 12.5. The van der Waals surface area contributed by atoms with E-state index in [1.165, 1.54) is 18.2 Å². The number of rotatable bonds is 3. The summed E-state index contributed by atoms with van der Waals surface area (Å²) in [5.74, 6) is 0.166. The molecule has 0 unspecified atom stereocenters. The lowest BCUT2D eigenvalue weighted by molar-refractivity contribution is -0.140. The molecule has 108 valence electrons. The Bertz CT molecular complexity index is 625. The third kappa shape index (κ3) is 3.36. The molecule has 1 heterocycles. The standard InChI is InChI=1S/C12H10ClF3N2O2/c13-3-4-20-11(19)17-8-1-2-9-7(5-8)6-10(18-9)12(14,15)16/h1-2,5-6,18H,3-4H2,(H,17,19).